The second-order valence-corrected chi connectivity index (χ2v) is 2.95. The first-order valence-electron chi connectivity index (χ1n) is 3.16. The van der Waals surface area contributed by atoms with E-state index in [9.17, 15) is 0 Å². The Balaban J connectivity index is 2.34. The van der Waals surface area contributed by atoms with Crippen LogP contribution in [0.15, 0.2) is 0 Å². The van der Waals surface area contributed by atoms with Gasteiger partial charge in [0.2, 0.25) is 0 Å². The molecule has 0 aromatic heterocycles. The Kier molecular flexibility index (Phi) is 2.38. The van der Waals surface area contributed by atoms with Crippen LogP contribution in [-0.4, -0.2) is 17.4 Å². The molecule has 1 saturated heterocycles. The molecule has 0 aliphatic carbocycles. The van der Waals surface area contributed by atoms with E-state index in [4.69, 9.17) is 5.26 Å². The van der Waals surface area contributed by atoms with E-state index in [-0.39, 0.29) is 5.92 Å². The molecule has 2 nitrogen and oxygen atoms in total. The van der Waals surface area contributed by atoms with Crippen molar-refractivity contribution in [3.8, 4) is 6.07 Å². The third kappa shape index (κ3) is 1.88. The Morgan fingerprint density at radius 1 is 1.67 bits per heavy atom. The zero-order valence-corrected chi connectivity index (χ0v) is 6.14. The van der Waals surface area contributed by atoms with Gasteiger partial charge in [0.25, 0.3) is 0 Å². The molecule has 3 heteroatoms. The van der Waals surface area contributed by atoms with E-state index in [1.54, 1.807) is 0 Å². The molecule has 1 atom stereocenters. The first-order chi connectivity index (χ1) is 4.33. The van der Waals surface area contributed by atoms with Crippen molar-refractivity contribution in [3.63, 3.8) is 0 Å². The van der Waals surface area contributed by atoms with E-state index in [1.807, 2.05) is 4.31 Å². The lowest BCUT2D eigenvalue weighted by atomic mass is 10.0. The molecule has 1 unspecified atom stereocenters. The van der Waals surface area contributed by atoms with Gasteiger partial charge in [-0.1, -0.05) is 12.8 Å². The van der Waals surface area contributed by atoms with Crippen molar-refractivity contribution >= 4 is 12.8 Å². The molecule has 1 heterocycles. The minimum Gasteiger partial charge on any atom is -0.252 e. The van der Waals surface area contributed by atoms with Gasteiger partial charge < -0.3 is 0 Å². The fourth-order valence-corrected chi connectivity index (χ4v) is 1.40. The topological polar surface area (TPSA) is 27.0 Å². The Morgan fingerprint density at radius 2 is 2.44 bits per heavy atom. The summed E-state index contributed by atoms with van der Waals surface area (Å²) in [5.41, 5.74) is 0. The largest absolute Gasteiger partial charge is 0.252 e. The highest BCUT2D eigenvalue weighted by molar-refractivity contribution is 7.77. The van der Waals surface area contributed by atoms with E-state index in [0.717, 1.165) is 25.9 Å². The van der Waals surface area contributed by atoms with Crippen molar-refractivity contribution in [1.82, 2.24) is 4.31 Å². The summed E-state index contributed by atoms with van der Waals surface area (Å²) in [5.74, 6) is 0.219. The summed E-state index contributed by atoms with van der Waals surface area (Å²) in [6.07, 6.45) is 2.16. The van der Waals surface area contributed by atoms with Crippen molar-refractivity contribution in [2.45, 2.75) is 12.8 Å². The Morgan fingerprint density at radius 3 is 2.89 bits per heavy atom. The van der Waals surface area contributed by atoms with Crippen LogP contribution >= 0.6 is 12.8 Å². The van der Waals surface area contributed by atoms with Gasteiger partial charge in [-0.2, -0.15) is 5.26 Å². The van der Waals surface area contributed by atoms with E-state index >= 15 is 0 Å². The molecule has 0 aromatic rings. The molecular formula is C6H10N2S. The molecule has 1 aliphatic heterocycles. The summed E-state index contributed by atoms with van der Waals surface area (Å²) in [6.45, 7) is 1.86. The molecule has 0 spiro atoms. The molecule has 1 fully saturated rings. The van der Waals surface area contributed by atoms with Gasteiger partial charge in [-0.3, -0.25) is 4.31 Å². The minimum absolute atomic E-state index is 0.219. The lowest BCUT2D eigenvalue weighted by molar-refractivity contribution is 0.333. The number of rotatable bonds is 0. The lowest BCUT2D eigenvalue weighted by Gasteiger charge is -2.23. The quantitative estimate of drug-likeness (QED) is 0.512. The van der Waals surface area contributed by atoms with Crippen LogP contribution in [0.2, 0.25) is 0 Å². The summed E-state index contributed by atoms with van der Waals surface area (Å²) in [7, 11) is 0. The second kappa shape index (κ2) is 3.09. The fourth-order valence-electron chi connectivity index (χ4n) is 1.06. The van der Waals surface area contributed by atoms with Gasteiger partial charge in [0, 0.05) is 13.1 Å². The number of thiol groups is 1. The van der Waals surface area contributed by atoms with Crippen LogP contribution in [0.5, 0.6) is 0 Å². The number of nitriles is 1. The number of hydrogen-bond acceptors (Lipinski definition) is 3. The average Bonchev–Trinajstić information content (AvgIpc) is 1.88. The van der Waals surface area contributed by atoms with Crippen LogP contribution in [0.1, 0.15) is 12.8 Å². The van der Waals surface area contributed by atoms with Crippen LogP contribution in [0.25, 0.3) is 0 Å². The highest BCUT2D eigenvalue weighted by Crippen LogP contribution is 2.15. The van der Waals surface area contributed by atoms with Gasteiger partial charge in [0.05, 0.1) is 12.0 Å². The summed E-state index contributed by atoms with van der Waals surface area (Å²) < 4.78 is 1.91. The zero-order valence-electron chi connectivity index (χ0n) is 5.25. The van der Waals surface area contributed by atoms with Crippen molar-refractivity contribution in [1.29, 1.82) is 5.26 Å². The number of nitrogens with zero attached hydrogens (tertiary/aromatic N) is 2. The van der Waals surface area contributed by atoms with Crippen molar-refractivity contribution in [2.24, 2.45) is 5.92 Å². The minimum atomic E-state index is 0.219. The zero-order chi connectivity index (χ0) is 6.69. The summed E-state index contributed by atoms with van der Waals surface area (Å²) >= 11 is 4.16. The van der Waals surface area contributed by atoms with Crippen LogP contribution < -0.4 is 0 Å². The molecule has 1 rings (SSSR count). The van der Waals surface area contributed by atoms with Crippen molar-refractivity contribution in [3.05, 3.63) is 0 Å². The van der Waals surface area contributed by atoms with Gasteiger partial charge in [-0.15, -0.1) is 0 Å². The predicted molar refractivity (Wildman–Crippen MR) is 38.9 cm³/mol. The van der Waals surface area contributed by atoms with Gasteiger partial charge in [-0.25, -0.2) is 0 Å². The van der Waals surface area contributed by atoms with Gasteiger partial charge >= 0.3 is 0 Å². The molecule has 0 radical (unpaired) electrons. The maximum Gasteiger partial charge on any atom is 0.0669 e. The summed E-state index contributed by atoms with van der Waals surface area (Å²) in [6, 6.07) is 2.24. The summed E-state index contributed by atoms with van der Waals surface area (Å²) in [5, 5.41) is 8.50. The Hall–Kier alpha value is -0.200. The van der Waals surface area contributed by atoms with E-state index in [2.05, 4.69) is 18.9 Å². The molecule has 0 aromatic carbocycles. The van der Waals surface area contributed by atoms with Crippen molar-refractivity contribution < 1.29 is 0 Å². The van der Waals surface area contributed by atoms with E-state index in [1.165, 1.54) is 0 Å². The monoisotopic (exact) mass is 142 g/mol. The van der Waals surface area contributed by atoms with Crippen molar-refractivity contribution in [2.75, 3.05) is 13.1 Å². The third-order valence-corrected chi connectivity index (χ3v) is 1.95. The predicted octanol–water partition coefficient (Wildman–Crippen LogP) is 1.07. The normalized spacial score (nSPS) is 29.6. The van der Waals surface area contributed by atoms with Gasteiger partial charge in [0.1, 0.15) is 0 Å². The second-order valence-electron chi connectivity index (χ2n) is 2.38. The standard InChI is InChI=1S/C6H10N2S/c7-4-6-2-1-3-8(9)5-6/h6,9H,1-3,5H2. The van der Waals surface area contributed by atoms with Gasteiger partial charge in [0.15, 0.2) is 0 Å². The van der Waals surface area contributed by atoms with E-state index < -0.39 is 0 Å². The molecule has 0 amide bonds. The van der Waals surface area contributed by atoms with Crippen LogP contribution in [-0.2, 0) is 0 Å². The smallest absolute Gasteiger partial charge is 0.0669 e. The number of piperidine rings is 1. The molecule has 0 N–H and O–H groups in total. The first kappa shape index (κ1) is 6.91. The molecule has 0 bridgehead atoms. The Labute approximate surface area is 61.0 Å². The van der Waals surface area contributed by atoms with Crippen LogP contribution in [0.3, 0.4) is 0 Å². The lowest BCUT2D eigenvalue weighted by Crippen LogP contribution is -2.27. The Bertz CT molecular complexity index is 130. The van der Waals surface area contributed by atoms with Crippen LogP contribution in [0, 0.1) is 17.2 Å². The molecule has 0 saturated carbocycles. The highest BCUT2D eigenvalue weighted by atomic mass is 32.1. The average molecular weight is 142 g/mol. The maximum absolute atomic E-state index is 8.50. The van der Waals surface area contributed by atoms with Gasteiger partial charge in [-0.05, 0) is 12.8 Å². The molecule has 1 aliphatic rings. The number of hydrogen-bond donors (Lipinski definition) is 1. The summed E-state index contributed by atoms with van der Waals surface area (Å²) in [4.78, 5) is 0. The first-order valence-corrected chi connectivity index (χ1v) is 3.56. The maximum atomic E-state index is 8.50. The van der Waals surface area contributed by atoms with Crippen LogP contribution in [0.4, 0.5) is 0 Å². The third-order valence-electron chi connectivity index (χ3n) is 1.58. The molecule has 9 heavy (non-hydrogen) atoms. The fraction of sp³-hybridized carbons (Fsp3) is 0.833. The van der Waals surface area contributed by atoms with E-state index in [0.29, 0.717) is 0 Å². The SMILES string of the molecule is N#CC1CCCN(S)C1. The highest BCUT2D eigenvalue weighted by Gasteiger charge is 2.16. The molecule has 50 valence electrons. The molecular weight excluding hydrogens is 132 g/mol.